The van der Waals surface area contributed by atoms with Gasteiger partial charge in [0, 0.05) is 30.1 Å². The number of rotatable bonds is 5. The fourth-order valence-corrected chi connectivity index (χ4v) is 3.33. The standard InChI is InChI=1S/C19H19FN2O3S/c1-4-22-12-16(14-7-10-18(25-2)17(20)11-14)19(21-22)13-5-8-15(9-6-13)26(3,23)24/h5-12H,4H2,1-3H3. The molecule has 0 aliphatic rings. The van der Waals surface area contributed by atoms with Gasteiger partial charge in [0.25, 0.3) is 0 Å². The Hall–Kier alpha value is -2.67. The first kappa shape index (κ1) is 18.1. The van der Waals surface area contributed by atoms with Gasteiger partial charge in [0.1, 0.15) is 5.69 Å². The van der Waals surface area contributed by atoms with Gasteiger partial charge in [-0.2, -0.15) is 5.10 Å². The molecule has 0 radical (unpaired) electrons. The monoisotopic (exact) mass is 374 g/mol. The summed E-state index contributed by atoms with van der Waals surface area (Å²) in [4.78, 5) is 0.244. The van der Waals surface area contributed by atoms with Gasteiger partial charge in [0.15, 0.2) is 21.4 Å². The molecule has 0 saturated heterocycles. The number of nitrogens with zero attached hydrogens (tertiary/aromatic N) is 2. The highest BCUT2D eigenvalue weighted by Crippen LogP contribution is 2.33. The van der Waals surface area contributed by atoms with Crippen molar-refractivity contribution in [2.45, 2.75) is 18.4 Å². The summed E-state index contributed by atoms with van der Waals surface area (Å²) >= 11 is 0. The molecule has 7 heteroatoms. The molecule has 0 amide bonds. The van der Waals surface area contributed by atoms with Crippen molar-refractivity contribution in [3.05, 3.63) is 54.5 Å². The molecule has 2 aromatic carbocycles. The molecule has 136 valence electrons. The van der Waals surface area contributed by atoms with Crippen LogP contribution in [0.25, 0.3) is 22.4 Å². The summed E-state index contributed by atoms with van der Waals surface area (Å²) in [6, 6.07) is 11.3. The number of aromatic nitrogens is 2. The Kier molecular flexibility index (Phi) is 4.82. The van der Waals surface area contributed by atoms with Crippen LogP contribution in [0.2, 0.25) is 0 Å². The van der Waals surface area contributed by atoms with E-state index in [2.05, 4.69) is 5.10 Å². The maximum Gasteiger partial charge on any atom is 0.175 e. The molecule has 0 saturated carbocycles. The molecule has 0 unspecified atom stereocenters. The molecule has 1 aromatic heterocycles. The Labute approximate surface area is 152 Å². The van der Waals surface area contributed by atoms with E-state index in [0.717, 1.165) is 11.1 Å². The largest absolute Gasteiger partial charge is 0.494 e. The lowest BCUT2D eigenvalue weighted by Crippen LogP contribution is -1.97. The molecule has 26 heavy (non-hydrogen) atoms. The zero-order valence-electron chi connectivity index (χ0n) is 14.7. The molecular weight excluding hydrogens is 355 g/mol. The van der Waals surface area contributed by atoms with E-state index in [9.17, 15) is 12.8 Å². The van der Waals surface area contributed by atoms with Crippen LogP contribution in [-0.4, -0.2) is 31.6 Å². The van der Waals surface area contributed by atoms with Gasteiger partial charge >= 0.3 is 0 Å². The number of aryl methyl sites for hydroxylation is 1. The van der Waals surface area contributed by atoms with Crippen molar-refractivity contribution >= 4 is 9.84 Å². The Bertz CT molecular complexity index is 1040. The molecule has 0 aliphatic heterocycles. The molecule has 5 nitrogen and oxygen atoms in total. The van der Waals surface area contributed by atoms with Crippen LogP contribution in [-0.2, 0) is 16.4 Å². The van der Waals surface area contributed by atoms with Crippen molar-refractivity contribution in [1.82, 2.24) is 9.78 Å². The quantitative estimate of drug-likeness (QED) is 0.682. The summed E-state index contributed by atoms with van der Waals surface area (Å²) < 4.78 is 44.1. The van der Waals surface area contributed by atoms with Crippen molar-refractivity contribution in [2.75, 3.05) is 13.4 Å². The molecule has 0 bridgehead atoms. The summed E-state index contributed by atoms with van der Waals surface area (Å²) in [6.07, 6.45) is 3.01. The summed E-state index contributed by atoms with van der Waals surface area (Å²) in [5, 5.41) is 4.55. The van der Waals surface area contributed by atoms with Crippen LogP contribution in [0, 0.1) is 5.82 Å². The minimum atomic E-state index is -3.27. The van der Waals surface area contributed by atoms with Gasteiger partial charge in [-0.15, -0.1) is 0 Å². The van der Waals surface area contributed by atoms with Crippen molar-refractivity contribution in [3.63, 3.8) is 0 Å². The highest BCUT2D eigenvalue weighted by Gasteiger charge is 2.16. The van der Waals surface area contributed by atoms with Crippen LogP contribution >= 0.6 is 0 Å². The topological polar surface area (TPSA) is 61.2 Å². The summed E-state index contributed by atoms with van der Waals surface area (Å²) in [5.74, 6) is -0.275. The van der Waals surface area contributed by atoms with Gasteiger partial charge in [0.05, 0.1) is 12.0 Å². The zero-order chi connectivity index (χ0) is 18.9. The lowest BCUT2D eigenvalue weighted by atomic mass is 10.0. The number of benzene rings is 2. The first-order chi connectivity index (χ1) is 12.3. The SMILES string of the molecule is CCn1cc(-c2ccc(OC)c(F)c2)c(-c2ccc(S(C)(=O)=O)cc2)n1. The van der Waals surface area contributed by atoms with E-state index in [0.29, 0.717) is 17.8 Å². The first-order valence-corrected chi connectivity index (χ1v) is 9.94. The van der Waals surface area contributed by atoms with Gasteiger partial charge in [-0.05, 0) is 36.8 Å². The van der Waals surface area contributed by atoms with Gasteiger partial charge < -0.3 is 4.74 Å². The third-order valence-electron chi connectivity index (χ3n) is 4.10. The predicted molar refractivity (Wildman–Crippen MR) is 98.4 cm³/mol. The number of hydrogen-bond donors (Lipinski definition) is 0. The predicted octanol–water partition coefficient (Wildman–Crippen LogP) is 3.79. The third kappa shape index (κ3) is 3.48. The van der Waals surface area contributed by atoms with Crippen molar-refractivity contribution in [2.24, 2.45) is 0 Å². The average Bonchev–Trinajstić information content (AvgIpc) is 3.05. The minimum Gasteiger partial charge on any atom is -0.494 e. The van der Waals surface area contributed by atoms with E-state index >= 15 is 0 Å². The highest BCUT2D eigenvalue weighted by atomic mass is 32.2. The minimum absolute atomic E-state index is 0.177. The Morgan fingerprint density at radius 3 is 2.31 bits per heavy atom. The molecular formula is C19H19FN2O3S. The normalized spacial score (nSPS) is 11.5. The molecule has 3 aromatic rings. The van der Waals surface area contributed by atoms with Crippen LogP contribution in [0.1, 0.15) is 6.92 Å². The lowest BCUT2D eigenvalue weighted by molar-refractivity contribution is 0.386. The van der Waals surface area contributed by atoms with E-state index in [1.807, 2.05) is 13.1 Å². The summed E-state index contributed by atoms with van der Waals surface area (Å²) in [5.41, 5.74) is 2.86. The second-order valence-electron chi connectivity index (χ2n) is 5.89. The first-order valence-electron chi connectivity index (χ1n) is 8.05. The number of ether oxygens (including phenoxy) is 1. The zero-order valence-corrected chi connectivity index (χ0v) is 15.5. The molecule has 0 atom stereocenters. The lowest BCUT2D eigenvalue weighted by Gasteiger charge is -2.06. The van der Waals surface area contributed by atoms with Crippen LogP contribution in [0.4, 0.5) is 4.39 Å². The van der Waals surface area contributed by atoms with E-state index in [4.69, 9.17) is 4.74 Å². The number of methoxy groups -OCH3 is 1. The van der Waals surface area contributed by atoms with Gasteiger partial charge in [-0.25, -0.2) is 12.8 Å². The summed E-state index contributed by atoms with van der Waals surface area (Å²) in [7, 11) is -1.85. The van der Waals surface area contributed by atoms with E-state index in [1.165, 1.54) is 19.4 Å². The van der Waals surface area contributed by atoms with Crippen LogP contribution in [0.3, 0.4) is 0 Å². The van der Waals surface area contributed by atoms with Gasteiger partial charge in [-0.3, -0.25) is 4.68 Å². The second-order valence-corrected chi connectivity index (χ2v) is 7.91. The molecule has 0 spiro atoms. The van der Waals surface area contributed by atoms with Crippen LogP contribution < -0.4 is 4.74 Å². The van der Waals surface area contributed by atoms with Crippen LogP contribution in [0.5, 0.6) is 5.75 Å². The van der Waals surface area contributed by atoms with Crippen LogP contribution in [0.15, 0.2) is 53.6 Å². The molecule has 0 N–H and O–H groups in total. The van der Waals surface area contributed by atoms with E-state index in [-0.39, 0.29) is 10.6 Å². The Morgan fingerprint density at radius 1 is 1.12 bits per heavy atom. The summed E-state index contributed by atoms with van der Waals surface area (Å²) in [6.45, 7) is 2.62. The number of halogens is 1. The Morgan fingerprint density at radius 2 is 1.77 bits per heavy atom. The van der Waals surface area contributed by atoms with E-state index < -0.39 is 15.7 Å². The van der Waals surface area contributed by atoms with Crippen molar-refractivity contribution in [1.29, 1.82) is 0 Å². The second kappa shape index (κ2) is 6.92. The van der Waals surface area contributed by atoms with E-state index in [1.54, 1.807) is 41.1 Å². The van der Waals surface area contributed by atoms with Crippen molar-refractivity contribution in [3.8, 4) is 28.1 Å². The molecule has 3 rings (SSSR count). The highest BCUT2D eigenvalue weighted by molar-refractivity contribution is 7.90. The Balaban J connectivity index is 2.11. The third-order valence-corrected chi connectivity index (χ3v) is 5.23. The average molecular weight is 374 g/mol. The molecule has 0 aliphatic carbocycles. The molecule has 1 heterocycles. The maximum atomic E-state index is 14.1. The van der Waals surface area contributed by atoms with Gasteiger partial charge in [0.2, 0.25) is 0 Å². The fourth-order valence-electron chi connectivity index (χ4n) is 2.70. The van der Waals surface area contributed by atoms with Gasteiger partial charge in [-0.1, -0.05) is 18.2 Å². The molecule has 0 fully saturated rings. The maximum absolute atomic E-state index is 14.1. The number of hydrogen-bond acceptors (Lipinski definition) is 4. The fraction of sp³-hybridized carbons (Fsp3) is 0.211. The smallest absolute Gasteiger partial charge is 0.175 e. The van der Waals surface area contributed by atoms with Crippen molar-refractivity contribution < 1.29 is 17.5 Å². The number of sulfone groups is 1.